The summed E-state index contributed by atoms with van der Waals surface area (Å²) in [6, 6.07) is 0. The summed E-state index contributed by atoms with van der Waals surface area (Å²) in [5.41, 5.74) is 0. The Bertz CT molecular complexity index is 1850. The van der Waals surface area contributed by atoms with Crippen LogP contribution in [0.1, 0.15) is 201 Å². The van der Waals surface area contributed by atoms with Gasteiger partial charge in [-0.15, -0.1) is 0 Å². The number of hydrogen-bond donors (Lipinski definition) is 3. The highest BCUT2D eigenvalue weighted by Gasteiger charge is 2.50. The molecule has 0 radical (unpaired) electrons. The fourth-order valence-corrected chi connectivity index (χ4v) is 7.84. The van der Waals surface area contributed by atoms with Crippen LogP contribution in [0.4, 0.5) is 0 Å². The maximum absolute atomic E-state index is 13.1. The standard InChI is InChI=1S/C65H100O12/c1-4-7-10-13-16-19-22-25-27-28-29-30-32-34-36-39-42-45-48-51-57(66)73-54-56(75-58(67)52-49-46-43-40-38-35-31-26-23-20-17-14-11-8-5-2)55-74-65-63(61(70)60(69)62(77-65)64(71)72)76-59(68)53-50-47-44-41-37-33-24-21-18-15-12-9-6-3/h8-9,11-12,16-21,25-27,31,33,37-38,40,44,46-47,49,56,60-63,65,69-70H,4-7,10,13-15,22-24,28-30,32,34-36,39,41-43,45,48,50-55H2,1-3H3,(H,71,72)/b11-8-,12-9-,19-16-,20-17-,21-18-,27-25-,31-26-,37-33-,40-38-,47-44-,49-46-. The number of ether oxygens (including phenoxy) is 5. The van der Waals surface area contributed by atoms with Crippen molar-refractivity contribution in [3.63, 3.8) is 0 Å². The van der Waals surface area contributed by atoms with Gasteiger partial charge in [-0.3, -0.25) is 14.4 Å². The van der Waals surface area contributed by atoms with Gasteiger partial charge in [0.1, 0.15) is 18.8 Å². The minimum Gasteiger partial charge on any atom is -0.479 e. The Morgan fingerprint density at radius 3 is 1.36 bits per heavy atom. The second kappa shape index (κ2) is 51.6. The van der Waals surface area contributed by atoms with Gasteiger partial charge in [-0.25, -0.2) is 4.79 Å². The molecule has 12 heteroatoms. The number of unbranched alkanes of at least 4 members (excludes halogenated alkanes) is 12. The van der Waals surface area contributed by atoms with E-state index in [2.05, 4.69) is 112 Å². The molecular weight excluding hydrogens is 973 g/mol. The lowest BCUT2D eigenvalue weighted by atomic mass is 9.98. The zero-order valence-corrected chi connectivity index (χ0v) is 47.4. The molecule has 6 unspecified atom stereocenters. The number of carbonyl (C=O) groups is 4. The van der Waals surface area contributed by atoms with E-state index in [-0.39, 0.29) is 25.9 Å². The lowest BCUT2D eigenvalue weighted by Crippen LogP contribution is -2.61. The van der Waals surface area contributed by atoms with Crippen molar-refractivity contribution in [2.24, 2.45) is 0 Å². The molecule has 12 nitrogen and oxygen atoms in total. The summed E-state index contributed by atoms with van der Waals surface area (Å²) in [5, 5.41) is 31.4. The molecule has 432 valence electrons. The van der Waals surface area contributed by atoms with Crippen LogP contribution in [0.15, 0.2) is 134 Å². The van der Waals surface area contributed by atoms with E-state index >= 15 is 0 Å². The molecule has 1 aliphatic rings. The summed E-state index contributed by atoms with van der Waals surface area (Å²) in [6.07, 6.45) is 60.4. The zero-order chi connectivity index (χ0) is 56.1. The molecule has 0 bridgehead atoms. The minimum absolute atomic E-state index is 0.0785. The topological polar surface area (TPSA) is 175 Å². The lowest BCUT2D eigenvalue weighted by Gasteiger charge is -2.40. The Kier molecular flexibility index (Phi) is 46.8. The molecule has 0 amide bonds. The average Bonchev–Trinajstić information content (AvgIpc) is 3.41. The van der Waals surface area contributed by atoms with Crippen LogP contribution in [0.2, 0.25) is 0 Å². The van der Waals surface area contributed by atoms with Gasteiger partial charge in [0.05, 0.1) is 13.0 Å². The Morgan fingerprint density at radius 1 is 0.455 bits per heavy atom. The van der Waals surface area contributed by atoms with Crippen LogP contribution in [0.25, 0.3) is 0 Å². The number of carboxylic acids is 1. The van der Waals surface area contributed by atoms with Crippen molar-refractivity contribution in [2.75, 3.05) is 13.2 Å². The second-order valence-electron chi connectivity index (χ2n) is 19.2. The van der Waals surface area contributed by atoms with Crippen LogP contribution in [0.5, 0.6) is 0 Å². The SMILES string of the molecule is CC/C=C\C/C=C\C/C=C\C/C=C\C/C=C\CC(=O)OC(COC(=O)CCCCCCCCCCC/C=C\C/C=C\CCCCC)COC1OC(C(=O)O)C(O)C(O)C1OC(=O)CC/C=C\C/C=C\C/C=C\C/C=C\CC. The Balaban J connectivity index is 2.77. The van der Waals surface area contributed by atoms with E-state index in [1.54, 1.807) is 6.08 Å². The molecule has 0 aromatic heterocycles. The molecule has 1 heterocycles. The largest absolute Gasteiger partial charge is 0.479 e. The normalized spacial score (nSPS) is 19.0. The van der Waals surface area contributed by atoms with Crippen molar-refractivity contribution in [3.05, 3.63) is 134 Å². The van der Waals surface area contributed by atoms with Crippen LogP contribution in [0, 0.1) is 0 Å². The molecule has 0 spiro atoms. The van der Waals surface area contributed by atoms with E-state index < -0.39 is 67.3 Å². The molecule has 1 saturated heterocycles. The summed E-state index contributed by atoms with van der Waals surface area (Å²) < 4.78 is 28.2. The van der Waals surface area contributed by atoms with Gasteiger partial charge in [-0.2, -0.15) is 0 Å². The average molecular weight is 1070 g/mol. The maximum Gasteiger partial charge on any atom is 0.335 e. The van der Waals surface area contributed by atoms with Crippen LogP contribution in [-0.4, -0.2) is 89.2 Å². The van der Waals surface area contributed by atoms with Crippen LogP contribution >= 0.6 is 0 Å². The highest BCUT2D eigenvalue weighted by atomic mass is 16.7. The number of esters is 3. The first kappa shape index (κ1) is 69.9. The van der Waals surface area contributed by atoms with Crippen LogP contribution in [-0.2, 0) is 42.9 Å². The van der Waals surface area contributed by atoms with E-state index in [1.165, 1.54) is 51.4 Å². The van der Waals surface area contributed by atoms with Crippen LogP contribution in [0.3, 0.4) is 0 Å². The van der Waals surface area contributed by atoms with Gasteiger partial charge in [-0.05, 0) is 103 Å². The van der Waals surface area contributed by atoms with Gasteiger partial charge in [0.15, 0.2) is 24.6 Å². The number of aliphatic carboxylic acids is 1. The van der Waals surface area contributed by atoms with Crippen molar-refractivity contribution in [3.8, 4) is 0 Å². The zero-order valence-electron chi connectivity index (χ0n) is 47.4. The number of allylic oxidation sites excluding steroid dienone is 21. The third-order valence-corrected chi connectivity index (χ3v) is 12.2. The summed E-state index contributed by atoms with van der Waals surface area (Å²) in [5.74, 6) is -3.42. The van der Waals surface area contributed by atoms with E-state index in [4.69, 9.17) is 23.7 Å². The molecule has 0 saturated carbocycles. The van der Waals surface area contributed by atoms with E-state index in [9.17, 15) is 34.5 Å². The third kappa shape index (κ3) is 41.6. The monoisotopic (exact) mass is 1070 g/mol. The quantitative estimate of drug-likeness (QED) is 0.0228. The summed E-state index contributed by atoms with van der Waals surface area (Å²) in [7, 11) is 0. The molecule has 77 heavy (non-hydrogen) atoms. The van der Waals surface area contributed by atoms with Gasteiger partial charge >= 0.3 is 23.9 Å². The fourth-order valence-electron chi connectivity index (χ4n) is 7.84. The highest BCUT2D eigenvalue weighted by Crippen LogP contribution is 2.26. The Morgan fingerprint density at radius 2 is 0.883 bits per heavy atom. The molecule has 0 aromatic carbocycles. The van der Waals surface area contributed by atoms with Crippen LogP contribution < -0.4 is 0 Å². The number of rotatable bonds is 47. The molecule has 1 fully saturated rings. The molecule has 0 aliphatic carbocycles. The van der Waals surface area contributed by atoms with Gasteiger partial charge in [0.25, 0.3) is 0 Å². The minimum atomic E-state index is -1.95. The number of hydrogen-bond acceptors (Lipinski definition) is 11. The van der Waals surface area contributed by atoms with Gasteiger partial charge in [0.2, 0.25) is 0 Å². The molecule has 6 atom stereocenters. The first-order valence-corrected chi connectivity index (χ1v) is 29.2. The third-order valence-electron chi connectivity index (χ3n) is 12.2. The number of aliphatic hydroxyl groups is 2. The highest BCUT2D eigenvalue weighted by molar-refractivity contribution is 5.74. The first-order valence-electron chi connectivity index (χ1n) is 29.2. The number of aliphatic hydroxyl groups excluding tert-OH is 2. The summed E-state index contributed by atoms with van der Waals surface area (Å²) >= 11 is 0. The lowest BCUT2D eigenvalue weighted by molar-refractivity contribution is -0.301. The first-order chi connectivity index (χ1) is 37.6. The second-order valence-corrected chi connectivity index (χ2v) is 19.2. The van der Waals surface area contributed by atoms with Crippen molar-refractivity contribution >= 4 is 23.9 Å². The van der Waals surface area contributed by atoms with Crippen molar-refractivity contribution in [1.82, 2.24) is 0 Å². The van der Waals surface area contributed by atoms with Gasteiger partial charge in [0, 0.05) is 12.8 Å². The number of carbonyl (C=O) groups excluding carboxylic acids is 3. The van der Waals surface area contributed by atoms with E-state index in [0.29, 0.717) is 25.7 Å². The van der Waals surface area contributed by atoms with Crippen molar-refractivity contribution < 1.29 is 58.2 Å². The smallest absolute Gasteiger partial charge is 0.335 e. The summed E-state index contributed by atoms with van der Waals surface area (Å²) in [4.78, 5) is 51.0. The molecular formula is C65H100O12. The summed E-state index contributed by atoms with van der Waals surface area (Å²) in [6.45, 7) is 5.59. The predicted molar refractivity (Wildman–Crippen MR) is 312 cm³/mol. The number of carboxylic acid groups (broad SMARTS) is 1. The molecule has 3 N–H and O–H groups in total. The Labute approximate surface area is 464 Å². The van der Waals surface area contributed by atoms with Gasteiger partial charge in [-0.1, -0.05) is 212 Å². The van der Waals surface area contributed by atoms with Crippen molar-refractivity contribution in [2.45, 2.75) is 237 Å². The predicted octanol–water partition coefficient (Wildman–Crippen LogP) is 15.0. The van der Waals surface area contributed by atoms with E-state index in [1.807, 2.05) is 36.5 Å². The maximum atomic E-state index is 13.1. The van der Waals surface area contributed by atoms with Crippen molar-refractivity contribution in [1.29, 1.82) is 0 Å². The molecule has 0 aromatic rings. The van der Waals surface area contributed by atoms with E-state index in [0.717, 1.165) is 83.5 Å². The van der Waals surface area contributed by atoms with Gasteiger partial charge < -0.3 is 39.0 Å². The Hall–Kier alpha value is -5.14. The fraction of sp³-hybridized carbons (Fsp3) is 0.600. The molecule has 1 aliphatic heterocycles. The molecule has 1 rings (SSSR count).